The summed E-state index contributed by atoms with van der Waals surface area (Å²) in [4.78, 5) is 23.7. The van der Waals surface area contributed by atoms with Crippen molar-refractivity contribution in [1.29, 1.82) is 0 Å². The molecule has 0 unspecified atom stereocenters. The second kappa shape index (κ2) is 9.93. The molecule has 1 N–H and O–H groups in total. The average molecular weight is 371 g/mol. The van der Waals surface area contributed by atoms with Gasteiger partial charge in [0.2, 0.25) is 0 Å². The summed E-state index contributed by atoms with van der Waals surface area (Å²) in [7, 11) is 3.86. The molecule has 1 aromatic carbocycles. The number of nitrogens with one attached hydrogen (secondary N) is 1. The molecule has 24 heavy (non-hydrogen) atoms. The number of carbonyl (C=O) groups excluding carboxylic acids is 2. The molecule has 2 rings (SSSR count). The Kier molecular flexibility index (Phi) is 7.91. The molecular weight excluding hydrogens is 349 g/mol. The highest BCUT2D eigenvalue weighted by atomic mass is 33.1. The summed E-state index contributed by atoms with van der Waals surface area (Å²) in [5, 5.41) is 3.31. The van der Waals surface area contributed by atoms with Crippen LogP contribution in [0, 0.1) is 5.82 Å². The highest BCUT2D eigenvalue weighted by Gasteiger charge is 2.19. The molecule has 0 saturated carbocycles. The van der Waals surface area contributed by atoms with Crippen LogP contribution in [0.1, 0.15) is 39.0 Å². The lowest BCUT2D eigenvalue weighted by atomic mass is 10.1. The standard InChI is InChI=1S/C17H22FNO3S2/c1-12(17(21)19-14-8-6-13(18)7-9-14)22-16(20)5-3-2-4-15-10-11-23-24-15/h6-9,12,15H,2-5,10-11H2,1H3,(H,19,21)/t12-,15+/m1/s1. The number of hydrogen-bond acceptors (Lipinski definition) is 5. The fourth-order valence-electron chi connectivity index (χ4n) is 2.29. The van der Waals surface area contributed by atoms with Gasteiger partial charge in [-0.1, -0.05) is 28.0 Å². The van der Waals surface area contributed by atoms with Gasteiger partial charge in [-0.2, -0.15) is 0 Å². The number of carbonyl (C=O) groups is 2. The molecule has 132 valence electrons. The summed E-state index contributed by atoms with van der Waals surface area (Å²) in [5.74, 6) is 0.0690. The Morgan fingerprint density at radius 2 is 2.08 bits per heavy atom. The van der Waals surface area contributed by atoms with E-state index in [1.165, 1.54) is 43.4 Å². The Balaban J connectivity index is 1.62. The van der Waals surface area contributed by atoms with E-state index in [-0.39, 0.29) is 11.8 Å². The molecule has 1 fully saturated rings. The number of amides is 1. The Hall–Kier alpha value is -1.21. The molecular formula is C17H22FNO3S2. The zero-order valence-corrected chi connectivity index (χ0v) is 15.3. The summed E-state index contributed by atoms with van der Waals surface area (Å²) in [6.45, 7) is 1.53. The lowest BCUT2D eigenvalue weighted by Crippen LogP contribution is -2.29. The number of benzene rings is 1. The Labute approximate surface area is 149 Å². The van der Waals surface area contributed by atoms with Gasteiger partial charge in [0.1, 0.15) is 5.82 Å². The number of anilines is 1. The molecule has 1 saturated heterocycles. The Bertz CT molecular complexity index is 547. The summed E-state index contributed by atoms with van der Waals surface area (Å²) in [6.07, 6.45) is 3.63. The number of ether oxygens (including phenoxy) is 1. The quantitative estimate of drug-likeness (QED) is 0.417. The molecule has 1 aliphatic rings. The minimum absolute atomic E-state index is 0.332. The van der Waals surface area contributed by atoms with Gasteiger partial charge in [0.25, 0.3) is 5.91 Å². The van der Waals surface area contributed by atoms with Gasteiger partial charge in [-0.3, -0.25) is 9.59 Å². The maximum Gasteiger partial charge on any atom is 0.306 e. The van der Waals surface area contributed by atoms with Crippen molar-refractivity contribution >= 4 is 39.2 Å². The van der Waals surface area contributed by atoms with Crippen molar-refractivity contribution in [2.45, 2.75) is 50.4 Å². The van der Waals surface area contributed by atoms with Gasteiger partial charge >= 0.3 is 5.97 Å². The first-order chi connectivity index (χ1) is 11.5. The number of rotatable bonds is 8. The SMILES string of the molecule is C[C@@H](OC(=O)CCCC[C@H]1CCSS1)C(=O)Nc1ccc(F)cc1. The molecule has 7 heteroatoms. The first-order valence-corrected chi connectivity index (χ1v) is 10.5. The van der Waals surface area contributed by atoms with E-state index in [0.29, 0.717) is 17.4 Å². The lowest BCUT2D eigenvalue weighted by Gasteiger charge is -2.13. The van der Waals surface area contributed by atoms with Crippen molar-refractivity contribution in [1.82, 2.24) is 0 Å². The molecule has 1 aliphatic heterocycles. The van der Waals surface area contributed by atoms with Gasteiger partial charge in [-0.25, -0.2) is 4.39 Å². The van der Waals surface area contributed by atoms with E-state index in [2.05, 4.69) is 5.32 Å². The summed E-state index contributed by atoms with van der Waals surface area (Å²) in [6, 6.07) is 5.43. The van der Waals surface area contributed by atoms with Crippen LogP contribution in [-0.4, -0.2) is 29.0 Å². The predicted molar refractivity (Wildman–Crippen MR) is 97.5 cm³/mol. The highest BCUT2D eigenvalue weighted by molar-refractivity contribution is 8.77. The van der Waals surface area contributed by atoms with Crippen LogP contribution >= 0.6 is 21.6 Å². The molecule has 2 atom stereocenters. The number of halogens is 1. The third kappa shape index (κ3) is 6.73. The predicted octanol–water partition coefficient (Wildman–Crippen LogP) is 4.41. The van der Waals surface area contributed by atoms with Crippen LogP contribution < -0.4 is 5.32 Å². The molecule has 1 heterocycles. The van der Waals surface area contributed by atoms with Crippen molar-refractivity contribution in [3.63, 3.8) is 0 Å². The largest absolute Gasteiger partial charge is 0.453 e. The second-order valence-corrected chi connectivity index (χ2v) is 8.49. The molecule has 0 aromatic heterocycles. The van der Waals surface area contributed by atoms with Crippen LogP contribution in [0.15, 0.2) is 24.3 Å². The molecule has 4 nitrogen and oxygen atoms in total. The van der Waals surface area contributed by atoms with Crippen LogP contribution in [0.25, 0.3) is 0 Å². The topological polar surface area (TPSA) is 55.4 Å². The maximum absolute atomic E-state index is 12.8. The van der Waals surface area contributed by atoms with Crippen LogP contribution in [-0.2, 0) is 14.3 Å². The van der Waals surface area contributed by atoms with E-state index in [9.17, 15) is 14.0 Å². The molecule has 0 aliphatic carbocycles. The van der Waals surface area contributed by atoms with E-state index in [1.54, 1.807) is 0 Å². The summed E-state index contributed by atoms with van der Waals surface area (Å²) < 4.78 is 18.0. The number of unbranched alkanes of at least 4 members (excludes halogenated alkanes) is 1. The van der Waals surface area contributed by atoms with Crippen molar-refractivity contribution in [2.24, 2.45) is 0 Å². The average Bonchev–Trinajstić information content (AvgIpc) is 3.07. The van der Waals surface area contributed by atoms with E-state index >= 15 is 0 Å². The smallest absolute Gasteiger partial charge is 0.306 e. The zero-order chi connectivity index (χ0) is 17.4. The highest BCUT2D eigenvalue weighted by Crippen LogP contribution is 2.39. The van der Waals surface area contributed by atoms with Crippen molar-refractivity contribution in [2.75, 3.05) is 11.1 Å². The van der Waals surface area contributed by atoms with Crippen molar-refractivity contribution in [3.05, 3.63) is 30.1 Å². The van der Waals surface area contributed by atoms with Gasteiger partial charge < -0.3 is 10.1 Å². The Morgan fingerprint density at radius 1 is 1.33 bits per heavy atom. The fraction of sp³-hybridized carbons (Fsp3) is 0.529. The molecule has 0 radical (unpaired) electrons. The van der Waals surface area contributed by atoms with E-state index in [4.69, 9.17) is 4.74 Å². The third-order valence-electron chi connectivity index (χ3n) is 3.67. The molecule has 1 amide bonds. The molecule has 0 spiro atoms. The number of hydrogen-bond donors (Lipinski definition) is 1. The normalized spacial score (nSPS) is 18.2. The van der Waals surface area contributed by atoms with E-state index in [1.807, 2.05) is 21.6 Å². The van der Waals surface area contributed by atoms with Gasteiger partial charge in [0.05, 0.1) is 0 Å². The third-order valence-corrected chi connectivity index (χ3v) is 6.68. The van der Waals surface area contributed by atoms with E-state index < -0.39 is 12.0 Å². The summed E-state index contributed by atoms with van der Waals surface area (Å²) in [5.41, 5.74) is 0.469. The second-order valence-electron chi connectivity index (χ2n) is 5.70. The molecule has 0 bridgehead atoms. The van der Waals surface area contributed by atoms with E-state index in [0.717, 1.165) is 19.3 Å². The minimum Gasteiger partial charge on any atom is -0.453 e. The fourth-order valence-corrected chi connectivity index (χ4v) is 5.32. The Morgan fingerprint density at radius 3 is 2.75 bits per heavy atom. The zero-order valence-electron chi connectivity index (χ0n) is 13.6. The van der Waals surface area contributed by atoms with Gasteiger partial charge in [-0.05, 0) is 50.5 Å². The van der Waals surface area contributed by atoms with Crippen LogP contribution in [0.2, 0.25) is 0 Å². The van der Waals surface area contributed by atoms with Crippen molar-refractivity contribution in [3.8, 4) is 0 Å². The lowest BCUT2D eigenvalue weighted by molar-refractivity contribution is -0.153. The van der Waals surface area contributed by atoms with Gasteiger partial charge in [0, 0.05) is 23.1 Å². The van der Waals surface area contributed by atoms with Crippen LogP contribution in [0.4, 0.5) is 10.1 Å². The maximum atomic E-state index is 12.8. The monoisotopic (exact) mass is 371 g/mol. The van der Waals surface area contributed by atoms with Crippen LogP contribution in [0.5, 0.6) is 0 Å². The van der Waals surface area contributed by atoms with Gasteiger partial charge in [0.15, 0.2) is 6.10 Å². The van der Waals surface area contributed by atoms with Crippen LogP contribution in [0.3, 0.4) is 0 Å². The van der Waals surface area contributed by atoms with Crippen molar-refractivity contribution < 1.29 is 18.7 Å². The minimum atomic E-state index is -0.871. The first-order valence-electron chi connectivity index (χ1n) is 8.09. The van der Waals surface area contributed by atoms with Gasteiger partial charge in [-0.15, -0.1) is 0 Å². The molecule has 1 aromatic rings. The first kappa shape index (κ1) is 19.1. The number of esters is 1. The summed E-state index contributed by atoms with van der Waals surface area (Å²) >= 11 is 0.